The molecule has 0 saturated carbocycles. The number of methoxy groups -OCH3 is 1. The lowest BCUT2D eigenvalue weighted by Crippen LogP contribution is -2.46. The smallest absolute Gasteiger partial charge is 0.257 e. The van der Waals surface area contributed by atoms with E-state index in [-0.39, 0.29) is 13.0 Å². The van der Waals surface area contributed by atoms with Gasteiger partial charge in [0.25, 0.3) is 5.91 Å². The quantitative estimate of drug-likeness (QED) is 0.439. The fourth-order valence-electron chi connectivity index (χ4n) is 3.42. The highest BCUT2D eigenvalue weighted by atomic mass is 35.5. The van der Waals surface area contributed by atoms with Gasteiger partial charge in [0.2, 0.25) is 11.8 Å². The van der Waals surface area contributed by atoms with Gasteiger partial charge in [0.05, 0.1) is 25.2 Å². The number of carbonyl (C=O) groups is 4. The molecule has 0 unspecified atom stereocenters. The van der Waals surface area contributed by atoms with Crippen molar-refractivity contribution in [2.75, 3.05) is 18.6 Å². The highest BCUT2D eigenvalue weighted by molar-refractivity contribution is 6.31. The molecule has 0 spiro atoms. The molecule has 0 aliphatic carbocycles. The summed E-state index contributed by atoms with van der Waals surface area (Å²) in [6.45, 7) is 0.0979. The van der Waals surface area contributed by atoms with Crippen molar-refractivity contribution in [3.05, 3.63) is 71.3 Å². The first-order chi connectivity index (χ1) is 15.3. The van der Waals surface area contributed by atoms with Crippen molar-refractivity contribution in [3.63, 3.8) is 0 Å². The monoisotopic (exact) mass is 455 g/mol. The van der Waals surface area contributed by atoms with Crippen LogP contribution < -0.4 is 14.7 Å². The number of amides is 3. The first kappa shape index (κ1) is 23.0. The highest BCUT2D eigenvalue weighted by Crippen LogP contribution is 2.27. The highest BCUT2D eigenvalue weighted by Gasteiger charge is 2.43. The predicted molar refractivity (Wildman–Crippen MR) is 115 cm³/mol. The number of rotatable bonds is 8. The van der Waals surface area contributed by atoms with Crippen LogP contribution in [0.15, 0.2) is 60.7 Å². The molecule has 1 heterocycles. The number of carboxylic acid groups (broad SMARTS) is 1. The van der Waals surface area contributed by atoms with E-state index in [0.717, 1.165) is 16.5 Å². The molecule has 0 radical (unpaired) electrons. The van der Waals surface area contributed by atoms with Crippen molar-refractivity contribution >= 4 is 41.0 Å². The van der Waals surface area contributed by atoms with Gasteiger partial charge in [0.1, 0.15) is 11.8 Å². The van der Waals surface area contributed by atoms with Crippen LogP contribution in [0, 0.1) is 0 Å². The summed E-state index contributed by atoms with van der Waals surface area (Å²) in [6.07, 6.45) is 1.59. The maximum atomic E-state index is 13.1. The number of imide groups is 1. The molecule has 0 N–H and O–H groups in total. The Balaban J connectivity index is 1.83. The van der Waals surface area contributed by atoms with Crippen LogP contribution in [0.3, 0.4) is 0 Å². The molecule has 1 atom stereocenters. The van der Waals surface area contributed by atoms with E-state index in [2.05, 4.69) is 0 Å². The van der Waals surface area contributed by atoms with E-state index in [9.17, 15) is 24.3 Å². The second-order valence-corrected chi connectivity index (χ2v) is 7.48. The van der Waals surface area contributed by atoms with Crippen molar-refractivity contribution in [1.82, 2.24) is 4.90 Å². The third-order valence-corrected chi connectivity index (χ3v) is 5.28. The lowest BCUT2D eigenvalue weighted by atomic mass is 10.1. The van der Waals surface area contributed by atoms with Crippen LogP contribution in [-0.2, 0) is 25.6 Å². The number of hydrogen-bond donors (Lipinski definition) is 0. The molecule has 1 saturated heterocycles. The zero-order valence-electron chi connectivity index (χ0n) is 17.2. The van der Waals surface area contributed by atoms with Crippen LogP contribution in [0.25, 0.3) is 0 Å². The molecule has 32 heavy (non-hydrogen) atoms. The Morgan fingerprint density at radius 2 is 1.78 bits per heavy atom. The van der Waals surface area contributed by atoms with E-state index >= 15 is 0 Å². The van der Waals surface area contributed by atoms with E-state index in [1.807, 2.05) is 12.1 Å². The Labute approximate surface area is 189 Å². The Morgan fingerprint density at radius 3 is 2.38 bits per heavy atom. The average molecular weight is 456 g/mol. The summed E-state index contributed by atoms with van der Waals surface area (Å²) in [6, 6.07) is 12.3. The molecular weight excluding hydrogens is 436 g/mol. The van der Waals surface area contributed by atoms with Gasteiger partial charge < -0.3 is 19.5 Å². The molecule has 1 aliphatic rings. The van der Waals surface area contributed by atoms with Crippen LogP contribution in [0.1, 0.15) is 12.0 Å². The molecule has 8 nitrogen and oxygen atoms in total. The van der Waals surface area contributed by atoms with Gasteiger partial charge in [-0.05, 0) is 54.5 Å². The first-order valence-corrected chi connectivity index (χ1v) is 10.1. The van der Waals surface area contributed by atoms with Crippen LogP contribution in [0.2, 0.25) is 5.02 Å². The minimum Gasteiger partial charge on any atom is -0.545 e. The van der Waals surface area contributed by atoms with Gasteiger partial charge in [-0.25, -0.2) is 4.90 Å². The van der Waals surface area contributed by atoms with Crippen molar-refractivity contribution in [1.29, 1.82) is 0 Å². The molecular formula is C23H20ClN2O6-. The summed E-state index contributed by atoms with van der Waals surface area (Å²) in [5.74, 6) is -2.60. The summed E-state index contributed by atoms with van der Waals surface area (Å²) >= 11 is 5.88. The minimum atomic E-state index is -1.54. The molecule has 3 rings (SSSR count). The van der Waals surface area contributed by atoms with E-state index in [1.165, 1.54) is 4.90 Å². The number of aliphatic carboxylic acids is 1. The average Bonchev–Trinajstić information content (AvgIpc) is 3.07. The third kappa shape index (κ3) is 5.33. The summed E-state index contributed by atoms with van der Waals surface area (Å²) in [5.41, 5.74) is 1.22. The van der Waals surface area contributed by atoms with Crippen LogP contribution in [0.4, 0.5) is 5.69 Å². The Hall–Kier alpha value is -3.65. The van der Waals surface area contributed by atoms with Crippen LogP contribution in [-0.4, -0.2) is 48.3 Å². The van der Waals surface area contributed by atoms with Crippen molar-refractivity contribution < 1.29 is 29.0 Å². The zero-order valence-corrected chi connectivity index (χ0v) is 17.9. The summed E-state index contributed by atoms with van der Waals surface area (Å²) in [4.78, 5) is 51.4. The molecule has 2 aromatic rings. The van der Waals surface area contributed by atoms with Crippen LogP contribution >= 0.6 is 11.6 Å². The first-order valence-electron chi connectivity index (χ1n) is 9.75. The number of carbonyl (C=O) groups excluding carboxylic acids is 4. The SMILES string of the molecule is COc1ccc(CCN(C(=O)/C=C/C(=O)[O-])[C@@H]2CC(=O)N(c3ccc(Cl)cc3)C2=O)cc1. The molecule has 9 heteroatoms. The van der Waals surface area contributed by atoms with Crippen molar-refractivity contribution in [2.45, 2.75) is 18.9 Å². The third-order valence-electron chi connectivity index (χ3n) is 5.03. The molecule has 3 amide bonds. The van der Waals surface area contributed by atoms with Gasteiger partial charge in [-0.2, -0.15) is 0 Å². The van der Waals surface area contributed by atoms with Crippen LogP contribution in [0.5, 0.6) is 5.75 Å². The lowest BCUT2D eigenvalue weighted by molar-refractivity contribution is -0.297. The predicted octanol–water partition coefficient (Wildman–Crippen LogP) is 1.36. The minimum absolute atomic E-state index is 0.0979. The second-order valence-electron chi connectivity index (χ2n) is 7.05. The van der Waals surface area contributed by atoms with Gasteiger partial charge in [0.15, 0.2) is 0 Å². The Kier molecular flexibility index (Phi) is 7.27. The van der Waals surface area contributed by atoms with Gasteiger partial charge in [-0.1, -0.05) is 23.7 Å². The van der Waals surface area contributed by atoms with Gasteiger partial charge in [-0.15, -0.1) is 0 Å². The van der Waals surface area contributed by atoms with Crippen molar-refractivity contribution in [2.24, 2.45) is 0 Å². The number of ether oxygens (including phenoxy) is 1. The van der Waals surface area contributed by atoms with E-state index < -0.39 is 29.7 Å². The number of halogens is 1. The molecule has 1 aliphatic heterocycles. The standard InChI is InChI=1S/C23H21ClN2O6/c1-32-18-8-2-15(3-9-18)12-13-25(20(27)10-11-22(29)30)19-14-21(28)26(23(19)31)17-6-4-16(24)5-7-17/h2-11,19H,12-14H2,1H3,(H,29,30)/p-1/b11-10+/t19-/m1/s1. The van der Waals surface area contributed by atoms with E-state index in [1.54, 1.807) is 43.5 Å². The number of anilines is 1. The number of hydrogen-bond acceptors (Lipinski definition) is 6. The topological polar surface area (TPSA) is 107 Å². The normalized spacial score (nSPS) is 15.9. The summed E-state index contributed by atoms with van der Waals surface area (Å²) in [5, 5.41) is 11.2. The maximum Gasteiger partial charge on any atom is 0.257 e. The van der Waals surface area contributed by atoms with E-state index in [0.29, 0.717) is 29.0 Å². The van der Waals surface area contributed by atoms with Gasteiger partial charge in [0, 0.05) is 17.6 Å². The maximum absolute atomic E-state index is 13.1. The zero-order chi connectivity index (χ0) is 23.3. The van der Waals surface area contributed by atoms with Gasteiger partial charge in [-0.3, -0.25) is 14.4 Å². The Bertz CT molecular complexity index is 1050. The summed E-state index contributed by atoms with van der Waals surface area (Å²) < 4.78 is 5.12. The lowest BCUT2D eigenvalue weighted by Gasteiger charge is -2.26. The molecule has 1 fully saturated rings. The fourth-order valence-corrected chi connectivity index (χ4v) is 3.54. The Morgan fingerprint density at radius 1 is 1.12 bits per heavy atom. The summed E-state index contributed by atoms with van der Waals surface area (Å²) in [7, 11) is 1.55. The number of nitrogens with zero attached hydrogens (tertiary/aromatic N) is 2. The fraction of sp³-hybridized carbons (Fsp3) is 0.217. The van der Waals surface area contributed by atoms with Gasteiger partial charge >= 0.3 is 0 Å². The number of benzene rings is 2. The van der Waals surface area contributed by atoms with E-state index in [4.69, 9.17) is 16.3 Å². The molecule has 0 aromatic heterocycles. The largest absolute Gasteiger partial charge is 0.545 e. The molecule has 166 valence electrons. The molecule has 2 aromatic carbocycles. The van der Waals surface area contributed by atoms with Crippen molar-refractivity contribution in [3.8, 4) is 5.75 Å². The molecule has 0 bridgehead atoms. The number of carboxylic acids is 1. The second kappa shape index (κ2) is 10.1.